The summed E-state index contributed by atoms with van der Waals surface area (Å²) in [5.41, 5.74) is 3.93. The number of hydrogen-bond donors (Lipinski definition) is 0. The van der Waals surface area contributed by atoms with Crippen molar-refractivity contribution >= 4 is 11.2 Å². The van der Waals surface area contributed by atoms with Crippen molar-refractivity contribution in [1.82, 2.24) is 19.5 Å². The van der Waals surface area contributed by atoms with Gasteiger partial charge in [0.05, 0.1) is 6.20 Å². The summed E-state index contributed by atoms with van der Waals surface area (Å²) in [5, 5.41) is 0. The Morgan fingerprint density at radius 2 is 2.12 bits per heavy atom. The van der Waals surface area contributed by atoms with Crippen LogP contribution in [0, 0.1) is 6.92 Å². The zero-order valence-electron chi connectivity index (χ0n) is 8.83. The van der Waals surface area contributed by atoms with Crippen LogP contribution < -0.4 is 0 Å². The van der Waals surface area contributed by atoms with Crippen molar-refractivity contribution in [1.29, 1.82) is 0 Å². The molecule has 0 unspecified atom stereocenters. The SMILES string of the molecule is Cc1cccc(-n2cnc3cncnc32)c1. The smallest absolute Gasteiger partial charge is 0.167 e. The first kappa shape index (κ1) is 9.03. The van der Waals surface area contributed by atoms with Crippen LogP contribution in [-0.4, -0.2) is 19.5 Å². The Balaban J connectivity index is 2.26. The van der Waals surface area contributed by atoms with E-state index in [0.29, 0.717) is 0 Å². The molecule has 2 heterocycles. The Morgan fingerprint density at radius 1 is 1.19 bits per heavy atom. The van der Waals surface area contributed by atoms with Gasteiger partial charge < -0.3 is 0 Å². The molecule has 0 bridgehead atoms. The van der Waals surface area contributed by atoms with Crippen LogP contribution >= 0.6 is 0 Å². The number of nitrogens with zero attached hydrogens (tertiary/aromatic N) is 4. The highest BCUT2D eigenvalue weighted by molar-refractivity contribution is 5.71. The van der Waals surface area contributed by atoms with E-state index in [2.05, 4.69) is 34.0 Å². The van der Waals surface area contributed by atoms with Gasteiger partial charge in [0.25, 0.3) is 0 Å². The molecular formula is C12H10N4. The van der Waals surface area contributed by atoms with E-state index in [-0.39, 0.29) is 0 Å². The lowest BCUT2D eigenvalue weighted by Gasteiger charge is -2.03. The van der Waals surface area contributed by atoms with Gasteiger partial charge in [-0.2, -0.15) is 0 Å². The quantitative estimate of drug-likeness (QED) is 0.618. The molecule has 3 aromatic rings. The van der Waals surface area contributed by atoms with Crippen molar-refractivity contribution in [2.24, 2.45) is 0 Å². The summed E-state index contributed by atoms with van der Waals surface area (Å²) in [7, 11) is 0. The van der Waals surface area contributed by atoms with Crippen LogP contribution in [0.3, 0.4) is 0 Å². The van der Waals surface area contributed by atoms with Gasteiger partial charge in [0.15, 0.2) is 5.65 Å². The molecule has 0 saturated heterocycles. The average Bonchev–Trinajstić information content (AvgIpc) is 2.72. The zero-order valence-corrected chi connectivity index (χ0v) is 8.83. The molecule has 0 aliphatic heterocycles. The van der Waals surface area contributed by atoms with Gasteiger partial charge in [-0.1, -0.05) is 12.1 Å². The normalized spacial score (nSPS) is 10.8. The van der Waals surface area contributed by atoms with E-state index < -0.39 is 0 Å². The first-order valence-electron chi connectivity index (χ1n) is 5.05. The first-order valence-corrected chi connectivity index (χ1v) is 5.05. The first-order chi connectivity index (χ1) is 7.84. The van der Waals surface area contributed by atoms with Crippen molar-refractivity contribution in [3.63, 3.8) is 0 Å². The lowest BCUT2D eigenvalue weighted by molar-refractivity contribution is 1.06. The number of aryl methyl sites for hydroxylation is 1. The van der Waals surface area contributed by atoms with Crippen molar-refractivity contribution in [3.05, 3.63) is 48.7 Å². The molecule has 16 heavy (non-hydrogen) atoms. The fraction of sp³-hybridized carbons (Fsp3) is 0.0833. The molecule has 0 atom stereocenters. The maximum absolute atomic E-state index is 4.26. The minimum Gasteiger partial charge on any atom is -0.283 e. The van der Waals surface area contributed by atoms with E-state index in [1.54, 1.807) is 12.5 Å². The van der Waals surface area contributed by atoms with E-state index in [1.807, 2.05) is 16.7 Å². The summed E-state index contributed by atoms with van der Waals surface area (Å²) in [6.45, 7) is 2.07. The van der Waals surface area contributed by atoms with Gasteiger partial charge in [-0.15, -0.1) is 0 Å². The highest BCUT2D eigenvalue weighted by Gasteiger charge is 2.04. The molecule has 0 aliphatic rings. The van der Waals surface area contributed by atoms with Crippen LogP contribution in [-0.2, 0) is 0 Å². The van der Waals surface area contributed by atoms with Crippen LogP contribution in [0.4, 0.5) is 0 Å². The molecular weight excluding hydrogens is 200 g/mol. The van der Waals surface area contributed by atoms with Crippen LogP contribution in [0.1, 0.15) is 5.56 Å². The molecule has 0 saturated carbocycles. The summed E-state index contributed by atoms with van der Waals surface area (Å²) in [6, 6.07) is 8.23. The summed E-state index contributed by atoms with van der Waals surface area (Å²) in [5.74, 6) is 0. The maximum atomic E-state index is 4.26. The van der Waals surface area contributed by atoms with Crippen LogP contribution in [0.2, 0.25) is 0 Å². The van der Waals surface area contributed by atoms with E-state index in [0.717, 1.165) is 16.9 Å². The molecule has 0 amide bonds. The standard InChI is InChI=1S/C12H10N4/c1-9-3-2-4-10(5-9)16-8-15-11-6-13-7-14-12(11)16/h2-8H,1H3. The molecule has 0 fully saturated rings. The van der Waals surface area contributed by atoms with Gasteiger partial charge in [-0.05, 0) is 24.6 Å². The molecule has 0 radical (unpaired) electrons. The van der Waals surface area contributed by atoms with E-state index >= 15 is 0 Å². The van der Waals surface area contributed by atoms with Crippen molar-refractivity contribution < 1.29 is 0 Å². The van der Waals surface area contributed by atoms with Crippen molar-refractivity contribution in [3.8, 4) is 5.69 Å². The third kappa shape index (κ3) is 1.35. The number of benzene rings is 1. The molecule has 2 aromatic heterocycles. The van der Waals surface area contributed by atoms with Gasteiger partial charge >= 0.3 is 0 Å². The predicted octanol–water partition coefficient (Wildman–Crippen LogP) is 2.12. The van der Waals surface area contributed by atoms with Crippen LogP contribution in [0.5, 0.6) is 0 Å². The Kier molecular flexibility index (Phi) is 1.93. The minimum atomic E-state index is 0.809. The number of fused-ring (bicyclic) bond motifs is 1. The molecule has 4 heteroatoms. The Bertz CT molecular complexity index is 642. The van der Waals surface area contributed by atoms with Crippen LogP contribution in [0.15, 0.2) is 43.1 Å². The zero-order chi connectivity index (χ0) is 11.0. The summed E-state index contributed by atoms with van der Waals surface area (Å²) in [4.78, 5) is 12.4. The third-order valence-electron chi connectivity index (χ3n) is 2.49. The van der Waals surface area contributed by atoms with E-state index in [4.69, 9.17) is 0 Å². The second-order valence-corrected chi connectivity index (χ2v) is 3.69. The number of rotatable bonds is 1. The Hall–Kier alpha value is -2.23. The lowest BCUT2D eigenvalue weighted by atomic mass is 10.2. The minimum absolute atomic E-state index is 0.809. The monoisotopic (exact) mass is 210 g/mol. The van der Waals surface area contributed by atoms with Gasteiger partial charge in [0.2, 0.25) is 0 Å². The highest BCUT2D eigenvalue weighted by atomic mass is 15.1. The number of imidazole rings is 1. The molecule has 0 aliphatic carbocycles. The fourth-order valence-corrected chi connectivity index (χ4v) is 1.73. The summed E-state index contributed by atoms with van der Waals surface area (Å²) < 4.78 is 1.96. The molecule has 4 nitrogen and oxygen atoms in total. The lowest BCUT2D eigenvalue weighted by Crippen LogP contribution is -1.94. The molecule has 1 aromatic carbocycles. The topological polar surface area (TPSA) is 43.6 Å². The van der Waals surface area contributed by atoms with E-state index in [1.165, 1.54) is 11.9 Å². The molecule has 3 rings (SSSR count). The second-order valence-electron chi connectivity index (χ2n) is 3.69. The molecule has 0 N–H and O–H groups in total. The van der Waals surface area contributed by atoms with Gasteiger partial charge in [0.1, 0.15) is 18.2 Å². The van der Waals surface area contributed by atoms with Gasteiger partial charge in [-0.3, -0.25) is 4.57 Å². The van der Waals surface area contributed by atoms with Gasteiger partial charge in [-0.25, -0.2) is 15.0 Å². The van der Waals surface area contributed by atoms with Gasteiger partial charge in [0, 0.05) is 5.69 Å². The summed E-state index contributed by atoms with van der Waals surface area (Å²) in [6.07, 6.45) is 5.03. The average molecular weight is 210 g/mol. The maximum Gasteiger partial charge on any atom is 0.167 e. The largest absolute Gasteiger partial charge is 0.283 e. The summed E-state index contributed by atoms with van der Waals surface area (Å²) >= 11 is 0. The highest BCUT2D eigenvalue weighted by Crippen LogP contribution is 2.15. The number of aromatic nitrogens is 4. The predicted molar refractivity (Wildman–Crippen MR) is 61.4 cm³/mol. The Morgan fingerprint density at radius 3 is 3.00 bits per heavy atom. The molecule has 78 valence electrons. The number of hydrogen-bond acceptors (Lipinski definition) is 3. The van der Waals surface area contributed by atoms with Crippen molar-refractivity contribution in [2.75, 3.05) is 0 Å². The fourth-order valence-electron chi connectivity index (χ4n) is 1.73. The third-order valence-corrected chi connectivity index (χ3v) is 2.49. The van der Waals surface area contributed by atoms with Crippen LogP contribution in [0.25, 0.3) is 16.9 Å². The second kappa shape index (κ2) is 3.41. The van der Waals surface area contributed by atoms with Crippen molar-refractivity contribution in [2.45, 2.75) is 6.92 Å². The Labute approximate surface area is 92.6 Å². The van der Waals surface area contributed by atoms with E-state index in [9.17, 15) is 0 Å². The molecule has 0 spiro atoms.